The van der Waals surface area contributed by atoms with E-state index in [1.54, 1.807) is 6.20 Å². The fourth-order valence-electron chi connectivity index (χ4n) is 4.08. The first-order chi connectivity index (χ1) is 15.6. The van der Waals surface area contributed by atoms with Gasteiger partial charge in [-0.15, -0.1) is 11.3 Å². The molecule has 0 spiro atoms. The van der Waals surface area contributed by atoms with E-state index in [-0.39, 0.29) is 30.2 Å². The summed E-state index contributed by atoms with van der Waals surface area (Å²) in [5.74, 6) is 0.439. The lowest BCUT2D eigenvalue weighted by Crippen LogP contribution is -2.44. The van der Waals surface area contributed by atoms with Crippen molar-refractivity contribution < 1.29 is 14.3 Å². The van der Waals surface area contributed by atoms with Gasteiger partial charge in [0.1, 0.15) is 12.2 Å². The van der Waals surface area contributed by atoms with E-state index in [0.29, 0.717) is 24.0 Å². The van der Waals surface area contributed by atoms with E-state index in [1.807, 2.05) is 37.7 Å². The Morgan fingerprint density at radius 2 is 1.81 bits per heavy atom. The number of carbonyl (C=O) groups excluding carboxylic acids is 1. The molecular weight excluding hydrogens is 426 g/mol. The summed E-state index contributed by atoms with van der Waals surface area (Å²) in [6.45, 7) is 0.884. The molecule has 4 heterocycles. The molecule has 9 heteroatoms. The van der Waals surface area contributed by atoms with Gasteiger partial charge in [-0.1, -0.05) is 18.2 Å². The fourth-order valence-corrected chi connectivity index (χ4v) is 4.71. The van der Waals surface area contributed by atoms with Gasteiger partial charge >= 0.3 is 0 Å². The third-order valence-electron chi connectivity index (χ3n) is 5.76. The zero-order valence-corrected chi connectivity index (χ0v) is 18.7. The Morgan fingerprint density at radius 1 is 1.06 bits per heavy atom. The summed E-state index contributed by atoms with van der Waals surface area (Å²) >= 11 is 1.42. The number of aromatic nitrogens is 2. The van der Waals surface area contributed by atoms with Crippen LogP contribution in [0.4, 0.5) is 11.6 Å². The number of ether oxygens (including phenoxy) is 2. The smallest absolute Gasteiger partial charge is 0.261 e. The number of anilines is 2. The van der Waals surface area contributed by atoms with Crippen LogP contribution >= 0.6 is 11.3 Å². The van der Waals surface area contributed by atoms with Crippen LogP contribution in [0.5, 0.6) is 0 Å². The van der Waals surface area contributed by atoms with Gasteiger partial charge in [-0.05, 0) is 29.6 Å². The van der Waals surface area contributed by atoms with Crippen molar-refractivity contribution in [3.8, 4) is 11.3 Å². The lowest BCUT2D eigenvalue weighted by Gasteiger charge is -2.18. The second-order valence-electron chi connectivity index (χ2n) is 8.11. The van der Waals surface area contributed by atoms with E-state index in [1.165, 1.54) is 11.3 Å². The summed E-state index contributed by atoms with van der Waals surface area (Å²) in [6.07, 6.45) is 1.38. The highest BCUT2D eigenvalue weighted by Crippen LogP contribution is 2.29. The Labute approximate surface area is 190 Å². The zero-order chi connectivity index (χ0) is 22.1. The van der Waals surface area contributed by atoms with Crippen LogP contribution in [0.2, 0.25) is 0 Å². The Bertz CT molecular complexity index is 1070. The first-order valence-corrected chi connectivity index (χ1v) is 11.4. The summed E-state index contributed by atoms with van der Waals surface area (Å²) in [5.41, 5.74) is 3.00. The second-order valence-corrected chi connectivity index (χ2v) is 9.06. The molecule has 3 aromatic rings. The molecule has 166 valence electrons. The molecule has 2 fully saturated rings. The Balaban J connectivity index is 1.24. The van der Waals surface area contributed by atoms with E-state index in [9.17, 15) is 4.79 Å². The molecule has 0 radical (unpaired) electrons. The monoisotopic (exact) mass is 451 g/mol. The molecule has 2 aliphatic heterocycles. The quantitative estimate of drug-likeness (QED) is 0.596. The molecule has 2 saturated heterocycles. The van der Waals surface area contributed by atoms with Crippen molar-refractivity contribution in [1.29, 1.82) is 0 Å². The Kier molecular flexibility index (Phi) is 5.77. The number of amides is 1. The minimum Gasteiger partial charge on any atom is -0.378 e. The SMILES string of the molecule is CN(C)c1ccc(-c2ccnc(NC3COC4C(NC(=O)c5cccs5)COC34)n2)cc1. The Morgan fingerprint density at radius 3 is 2.53 bits per heavy atom. The summed E-state index contributed by atoms with van der Waals surface area (Å²) in [4.78, 5) is 24.2. The van der Waals surface area contributed by atoms with Crippen molar-refractivity contribution >= 4 is 28.9 Å². The summed E-state index contributed by atoms with van der Waals surface area (Å²) in [6, 6.07) is 13.5. The Hall–Kier alpha value is -3.01. The van der Waals surface area contributed by atoms with Gasteiger partial charge < -0.3 is 25.0 Å². The highest BCUT2D eigenvalue weighted by atomic mass is 32.1. The van der Waals surface area contributed by atoms with Crippen molar-refractivity contribution in [3.05, 3.63) is 58.9 Å². The van der Waals surface area contributed by atoms with Gasteiger partial charge in [-0.25, -0.2) is 9.97 Å². The number of rotatable bonds is 6. The van der Waals surface area contributed by atoms with Crippen molar-refractivity contribution in [2.24, 2.45) is 0 Å². The van der Waals surface area contributed by atoms with Crippen molar-refractivity contribution in [2.75, 3.05) is 37.5 Å². The van der Waals surface area contributed by atoms with Crippen LogP contribution in [0.25, 0.3) is 11.3 Å². The molecule has 8 nitrogen and oxygen atoms in total. The molecule has 1 aromatic carbocycles. The molecule has 2 aliphatic rings. The summed E-state index contributed by atoms with van der Waals surface area (Å²) in [7, 11) is 4.03. The van der Waals surface area contributed by atoms with Gasteiger partial charge in [0.25, 0.3) is 5.91 Å². The topological polar surface area (TPSA) is 88.6 Å². The molecular formula is C23H25N5O3S. The lowest BCUT2D eigenvalue weighted by molar-refractivity contribution is 0.0652. The average Bonchev–Trinajstić information content (AvgIpc) is 3.55. The normalized spacial score (nSPS) is 24.2. The van der Waals surface area contributed by atoms with Gasteiger partial charge in [-0.2, -0.15) is 0 Å². The molecule has 32 heavy (non-hydrogen) atoms. The van der Waals surface area contributed by atoms with Crippen molar-refractivity contribution in [2.45, 2.75) is 24.3 Å². The number of benzene rings is 1. The van der Waals surface area contributed by atoms with Crippen LogP contribution in [0.1, 0.15) is 9.67 Å². The molecule has 0 aliphatic carbocycles. The number of hydrogen-bond donors (Lipinski definition) is 2. The molecule has 2 N–H and O–H groups in total. The molecule has 2 aromatic heterocycles. The number of nitrogens with one attached hydrogen (secondary N) is 2. The maximum absolute atomic E-state index is 12.4. The lowest BCUT2D eigenvalue weighted by atomic mass is 10.1. The van der Waals surface area contributed by atoms with Gasteiger partial charge in [0.05, 0.1) is 35.9 Å². The van der Waals surface area contributed by atoms with Crippen LogP contribution in [0.3, 0.4) is 0 Å². The van der Waals surface area contributed by atoms with E-state index in [0.717, 1.165) is 16.9 Å². The van der Waals surface area contributed by atoms with Crippen LogP contribution in [0.15, 0.2) is 54.0 Å². The fraction of sp³-hybridized carbons (Fsp3) is 0.348. The second kappa shape index (κ2) is 8.85. The zero-order valence-electron chi connectivity index (χ0n) is 17.9. The van der Waals surface area contributed by atoms with Crippen LogP contribution in [0, 0.1) is 0 Å². The van der Waals surface area contributed by atoms with Gasteiger partial charge in [0.15, 0.2) is 0 Å². The third kappa shape index (κ3) is 4.19. The van der Waals surface area contributed by atoms with E-state index in [2.05, 4.69) is 49.8 Å². The maximum Gasteiger partial charge on any atom is 0.261 e. The van der Waals surface area contributed by atoms with Crippen LogP contribution < -0.4 is 15.5 Å². The standard InChI is InChI=1S/C23H25N5O3S/c1-28(2)15-7-5-14(6-8-15)16-9-10-24-23(26-16)27-18-13-31-20-17(12-30-21(18)20)25-22(29)19-4-3-11-32-19/h3-11,17-18,20-21H,12-13H2,1-2H3,(H,25,29)(H,24,26,27). The van der Waals surface area contributed by atoms with Crippen LogP contribution in [-0.2, 0) is 9.47 Å². The minimum absolute atomic E-state index is 0.0880. The highest BCUT2D eigenvalue weighted by Gasteiger charge is 2.48. The van der Waals surface area contributed by atoms with E-state index >= 15 is 0 Å². The number of thiophene rings is 1. The molecule has 0 saturated carbocycles. The molecule has 5 rings (SSSR count). The van der Waals surface area contributed by atoms with Crippen LogP contribution in [-0.4, -0.2) is 67.5 Å². The third-order valence-corrected chi connectivity index (χ3v) is 6.63. The average molecular weight is 452 g/mol. The molecule has 1 amide bonds. The number of carbonyl (C=O) groups is 1. The number of hydrogen-bond acceptors (Lipinski definition) is 8. The summed E-state index contributed by atoms with van der Waals surface area (Å²) in [5, 5.41) is 8.29. The van der Waals surface area contributed by atoms with Gasteiger partial charge in [-0.3, -0.25) is 4.79 Å². The first-order valence-electron chi connectivity index (χ1n) is 10.5. The minimum atomic E-state index is -0.196. The molecule has 4 atom stereocenters. The highest BCUT2D eigenvalue weighted by molar-refractivity contribution is 7.12. The molecule has 0 bridgehead atoms. The summed E-state index contributed by atoms with van der Waals surface area (Å²) < 4.78 is 12.0. The van der Waals surface area contributed by atoms with Crippen molar-refractivity contribution in [3.63, 3.8) is 0 Å². The van der Waals surface area contributed by atoms with Gasteiger partial charge in [0.2, 0.25) is 5.95 Å². The predicted molar refractivity (Wildman–Crippen MR) is 124 cm³/mol. The largest absolute Gasteiger partial charge is 0.378 e. The van der Waals surface area contributed by atoms with Crippen molar-refractivity contribution in [1.82, 2.24) is 15.3 Å². The van der Waals surface area contributed by atoms with E-state index in [4.69, 9.17) is 9.47 Å². The van der Waals surface area contributed by atoms with E-state index < -0.39 is 0 Å². The number of nitrogens with zero attached hydrogens (tertiary/aromatic N) is 3. The maximum atomic E-state index is 12.4. The van der Waals surface area contributed by atoms with Gasteiger partial charge in [0, 0.05) is 31.5 Å². The predicted octanol–water partition coefficient (Wildman–Crippen LogP) is 2.65. The number of fused-ring (bicyclic) bond motifs is 1. The first kappa shape index (κ1) is 20.9. The molecule has 4 unspecified atom stereocenters.